The highest BCUT2D eigenvalue weighted by atomic mass is 35.5. The third-order valence-corrected chi connectivity index (χ3v) is 6.36. The van der Waals surface area contributed by atoms with Crippen LogP contribution in [0, 0.1) is 5.92 Å². The molecule has 2 N–H and O–H groups in total. The van der Waals surface area contributed by atoms with Crippen molar-refractivity contribution in [3.63, 3.8) is 0 Å². The predicted molar refractivity (Wildman–Crippen MR) is 94.2 cm³/mol. The lowest BCUT2D eigenvalue weighted by atomic mass is 9.97. The first-order valence-electron chi connectivity index (χ1n) is 8.12. The number of hydrogen-bond acceptors (Lipinski definition) is 5. The molecule has 0 atom stereocenters. The van der Waals surface area contributed by atoms with Gasteiger partial charge < -0.3 is 15.2 Å². The Morgan fingerprint density at radius 1 is 1.40 bits per heavy atom. The summed E-state index contributed by atoms with van der Waals surface area (Å²) >= 11 is 5.93. The van der Waals surface area contributed by atoms with Gasteiger partial charge in [0.2, 0.25) is 15.9 Å². The molecule has 1 fully saturated rings. The van der Waals surface area contributed by atoms with Crippen LogP contribution < -0.4 is 10.1 Å². The second-order valence-electron chi connectivity index (χ2n) is 5.84. The molecule has 0 aromatic heterocycles. The topological polar surface area (TPSA) is 95.9 Å². The molecule has 1 heterocycles. The number of rotatable bonds is 7. The monoisotopic (exact) mass is 390 g/mol. The van der Waals surface area contributed by atoms with Gasteiger partial charge in [0, 0.05) is 37.2 Å². The molecule has 0 saturated carbocycles. The fraction of sp³-hybridized carbons (Fsp3) is 0.562. The van der Waals surface area contributed by atoms with Crippen molar-refractivity contribution in [2.45, 2.75) is 24.2 Å². The number of carbonyl (C=O) groups excluding carboxylic acids is 1. The van der Waals surface area contributed by atoms with E-state index in [0.29, 0.717) is 30.8 Å². The van der Waals surface area contributed by atoms with Crippen LogP contribution in [0.15, 0.2) is 23.1 Å². The van der Waals surface area contributed by atoms with E-state index >= 15 is 0 Å². The molecule has 0 radical (unpaired) electrons. The van der Waals surface area contributed by atoms with Crippen LogP contribution in [0.5, 0.6) is 5.75 Å². The first-order valence-corrected chi connectivity index (χ1v) is 9.94. The quantitative estimate of drug-likeness (QED) is 0.683. The van der Waals surface area contributed by atoms with Gasteiger partial charge in [0.1, 0.15) is 10.6 Å². The number of aliphatic hydroxyl groups excluding tert-OH is 1. The third-order valence-electron chi connectivity index (χ3n) is 4.20. The van der Waals surface area contributed by atoms with Crippen LogP contribution in [-0.4, -0.2) is 57.1 Å². The van der Waals surface area contributed by atoms with E-state index in [2.05, 4.69) is 5.32 Å². The number of hydrogen-bond donors (Lipinski definition) is 2. The van der Waals surface area contributed by atoms with Gasteiger partial charge in [-0.2, -0.15) is 4.31 Å². The Kier molecular flexibility index (Phi) is 7.06. The molecule has 1 saturated heterocycles. The number of nitrogens with one attached hydrogen (secondary N) is 1. The van der Waals surface area contributed by atoms with Gasteiger partial charge in [0.15, 0.2) is 0 Å². The maximum atomic E-state index is 12.9. The molecule has 1 aromatic carbocycles. The number of halogens is 1. The third kappa shape index (κ3) is 4.84. The smallest absolute Gasteiger partial charge is 0.246 e. The standard InChI is InChI=1S/C16H23ClN2O5S/c1-24-14-4-3-13(17)11-15(14)25(22,23)19-8-5-12(6-9-19)16(21)18-7-2-10-20/h3-4,11-12,20H,2,5-10H2,1H3,(H,18,21). The van der Waals surface area contributed by atoms with Crippen molar-refractivity contribution >= 4 is 27.5 Å². The molecular weight excluding hydrogens is 368 g/mol. The minimum absolute atomic E-state index is 0.0262. The lowest BCUT2D eigenvalue weighted by Crippen LogP contribution is -2.43. The van der Waals surface area contributed by atoms with Crippen molar-refractivity contribution in [2.24, 2.45) is 5.92 Å². The Hall–Kier alpha value is -1.35. The number of carbonyl (C=O) groups is 1. The van der Waals surface area contributed by atoms with Crippen molar-refractivity contribution in [3.8, 4) is 5.75 Å². The number of piperidine rings is 1. The van der Waals surface area contributed by atoms with E-state index in [4.69, 9.17) is 21.4 Å². The minimum atomic E-state index is -3.74. The van der Waals surface area contributed by atoms with Crippen LogP contribution >= 0.6 is 11.6 Å². The lowest BCUT2D eigenvalue weighted by molar-refractivity contribution is -0.126. The van der Waals surface area contributed by atoms with Crippen LogP contribution in [0.4, 0.5) is 0 Å². The van der Waals surface area contributed by atoms with Crippen molar-refractivity contribution < 1.29 is 23.1 Å². The van der Waals surface area contributed by atoms with Gasteiger partial charge in [0.05, 0.1) is 7.11 Å². The van der Waals surface area contributed by atoms with Gasteiger partial charge in [-0.05, 0) is 37.5 Å². The Balaban J connectivity index is 2.04. The first-order chi connectivity index (χ1) is 11.9. The number of methoxy groups -OCH3 is 1. The van der Waals surface area contributed by atoms with Crippen molar-refractivity contribution in [1.82, 2.24) is 9.62 Å². The number of sulfonamides is 1. The largest absolute Gasteiger partial charge is 0.495 e. The Labute approximate surface area is 153 Å². The van der Waals surface area contributed by atoms with Crippen LogP contribution in [0.25, 0.3) is 0 Å². The summed E-state index contributed by atoms with van der Waals surface area (Å²) in [4.78, 5) is 12.1. The average Bonchev–Trinajstić information content (AvgIpc) is 2.62. The Morgan fingerprint density at radius 2 is 2.08 bits per heavy atom. The zero-order valence-corrected chi connectivity index (χ0v) is 15.6. The molecular formula is C16H23ClN2O5S. The summed E-state index contributed by atoms with van der Waals surface area (Å²) in [7, 11) is -2.33. The fourth-order valence-electron chi connectivity index (χ4n) is 2.78. The first kappa shape index (κ1) is 20.0. The Morgan fingerprint density at radius 3 is 2.68 bits per heavy atom. The SMILES string of the molecule is COc1ccc(Cl)cc1S(=O)(=O)N1CCC(C(=O)NCCCO)CC1. The van der Waals surface area contributed by atoms with Gasteiger partial charge in [-0.25, -0.2) is 8.42 Å². The predicted octanol–water partition coefficient (Wildman–Crippen LogP) is 1.25. The molecule has 1 aliphatic heterocycles. The summed E-state index contributed by atoms with van der Waals surface area (Å²) in [5, 5.41) is 11.8. The number of aliphatic hydroxyl groups is 1. The molecule has 0 bridgehead atoms. The van der Waals surface area contributed by atoms with Crippen molar-refractivity contribution in [3.05, 3.63) is 23.2 Å². The molecule has 1 amide bonds. The molecule has 9 heteroatoms. The van der Waals surface area contributed by atoms with Gasteiger partial charge in [-0.15, -0.1) is 0 Å². The van der Waals surface area contributed by atoms with Crippen molar-refractivity contribution in [2.75, 3.05) is 33.4 Å². The van der Waals surface area contributed by atoms with Crippen molar-refractivity contribution in [1.29, 1.82) is 0 Å². The number of benzene rings is 1. The van der Waals surface area contributed by atoms with Gasteiger partial charge in [-0.3, -0.25) is 4.79 Å². The maximum absolute atomic E-state index is 12.9. The van der Waals surface area contributed by atoms with E-state index in [1.807, 2.05) is 0 Å². The second-order valence-corrected chi connectivity index (χ2v) is 8.18. The molecule has 1 aliphatic rings. The molecule has 7 nitrogen and oxygen atoms in total. The summed E-state index contributed by atoms with van der Waals surface area (Å²) in [6, 6.07) is 4.47. The summed E-state index contributed by atoms with van der Waals surface area (Å²) in [6.07, 6.45) is 1.41. The molecule has 25 heavy (non-hydrogen) atoms. The normalized spacial score (nSPS) is 16.6. The highest BCUT2D eigenvalue weighted by Gasteiger charge is 2.33. The van der Waals surface area contributed by atoms with Gasteiger partial charge in [-0.1, -0.05) is 11.6 Å². The number of ether oxygens (including phenoxy) is 1. The summed E-state index contributed by atoms with van der Waals surface area (Å²) in [5.74, 6) is -0.0643. The second kappa shape index (κ2) is 8.84. The summed E-state index contributed by atoms with van der Waals surface area (Å²) in [5.41, 5.74) is 0. The van der Waals surface area contributed by atoms with Gasteiger partial charge >= 0.3 is 0 Å². The number of amides is 1. The lowest BCUT2D eigenvalue weighted by Gasteiger charge is -2.31. The summed E-state index contributed by atoms with van der Waals surface area (Å²) in [6.45, 7) is 0.970. The fourth-order valence-corrected chi connectivity index (χ4v) is 4.67. The van der Waals surface area contributed by atoms with E-state index in [0.717, 1.165) is 0 Å². The molecule has 140 valence electrons. The minimum Gasteiger partial charge on any atom is -0.495 e. The molecule has 0 spiro atoms. The number of nitrogens with zero attached hydrogens (tertiary/aromatic N) is 1. The van der Waals surface area contributed by atoms with Gasteiger partial charge in [0.25, 0.3) is 0 Å². The maximum Gasteiger partial charge on any atom is 0.246 e. The summed E-state index contributed by atoms with van der Waals surface area (Å²) < 4.78 is 32.2. The molecule has 2 rings (SSSR count). The van der Waals surface area contributed by atoms with Crippen LogP contribution in [0.2, 0.25) is 5.02 Å². The van der Waals surface area contributed by atoms with Crippen LogP contribution in [0.3, 0.4) is 0 Å². The Bertz CT molecular complexity index is 702. The van der Waals surface area contributed by atoms with E-state index in [-0.39, 0.29) is 42.2 Å². The van der Waals surface area contributed by atoms with E-state index < -0.39 is 10.0 Å². The average molecular weight is 391 g/mol. The molecule has 0 unspecified atom stereocenters. The highest BCUT2D eigenvalue weighted by molar-refractivity contribution is 7.89. The van der Waals surface area contributed by atoms with E-state index in [9.17, 15) is 13.2 Å². The molecule has 0 aliphatic carbocycles. The zero-order valence-electron chi connectivity index (χ0n) is 14.1. The van der Waals surface area contributed by atoms with E-state index in [1.165, 1.54) is 23.5 Å². The highest BCUT2D eigenvalue weighted by Crippen LogP contribution is 2.31. The molecule has 1 aromatic rings. The zero-order chi connectivity index (χ0) is 18.4. The van der Waals surface area contributed by atoms with E-state index in [1.54, 1.807) is 6.07 Å². The van der Waals surface area contributed by atoms with Crippen LogP contribution in [-0.2, 0) is 14.8 Å². The van der Waals surface area contributed by atoms with Crippen LogP contribution in [0.1, 0.15) is 19.3 Å².